The lowest BCUT2D eigenvalue weighted by Crippen LogP contribution is -2.21. The lowest BCUT2D eigenvalue weighted by molar-refractivity contribution is -0.145. The minimum absolute atomic E-state index is 0.196. The van der Waals surface area contributed by atoms with Crippen LogP contribution in [0.5, 0.6) is 0 Å². The summed E-state index contributed by atoms with van der Waals surface area (Å²) in [6.45, 7) is 5.71. The Balaban J connectivity index is 2.94. The summed E-state index contributed by atoms with van der Waals surface area (Å²) in [6.07, 6.45) is 0.989. The molecule has 0 radical (unpaired) electrons. The van der Waals surface area contributed by atoms with E-state index < -0.39 is 11.9 Å². The fraction of sp³-hybridized carbons (Fsp3) is 0.467. The number of ketones is 1. The summed E-state index contributed by atoms with van der Waals surface area (Å²) < 4.78 is 4.66. The first kappa shape index (κ1) is 14.4. The van der Waals surface area contributed by atoms with Crippen molar-refractivity contribution in [3.8, 4) is 0 Å². The summed E-state index contributed by atoms with van der Waals surface area (Å²) in [5.41, 5.74) is 1.91. The van der Waals surface area contributed by atoms with Crippen LogP contribution in [0.25, 0.3) is 0 Å². The predicted octanol–water partition coefficient (Wildman–Crippen LogP) is 2.73. The first-order chi connectivity index (χ1) is 8.45. The van der Waals surface area contributed by atoms with Crippen molar-refractivity contribution in [1.29, 1.82) is 0 Å². The molecule has 18 heavy (non-hydrogen) atoms. The van der Waals surface area contributed by atoms with E-state index in [0.29, 0.717) is 11.5 Å². The molecule has 0 heterocycles. The highest BCUT2D eigenvalue weighted by Gasteiger charge is 2.25. The SMILES string of the molecule is COC(=O)C(C(C)=O)c1ccc(CC(C)C)cc1. The Morgan fingerprint density at radius 1 is 1.17 bits per heavy atom. The highest BCUT2D eigenvalue weighted by atomic mass is 16.5. The van der Waals surface area contributed by atoms with Gasteiger partial charge in [-0.1, -0.05) is 38.1 Å². The lowest BCUT2D eigenvalue weighted by atomic mass is 9.93. The molecule has 1 unspecified atom stereocenters. The second-order valence-electron chi connectivity index (χ2n) is 4.91. The summed E-state index contributed by atoms with van der Waals surface area (Å²) in [6, 6.07) is 7.60. The Kier molecular flexibility index (Phi) is 5.08. The van der Waals surface area contributed by atoms with Gasteiger partial charge in [-0.05, 0) is 30.4 Å². The van der Waals surface area contributed by atoms with Gasteiger partial charge in [0, 0.05) is 0 Å². The first-order valence-corrected chi connectivity index (χ1v) is 6.12. The Morgan fingerprint density at radius 2 is 1.72 bits per heavy atom. The van der Waals surface area contributed by atoms with Crippen LogP contribution in [-0.2, 0) is 20.7 Å². The summed E-state index contributed by atoms with van der Waals surface area (Å²) in [7, 11) is 1.30. The van der Waals surface area contributed by atoms with Crippen molar-refractivity contribution < 1.29 is 14.3 Å². The van der Waals surface area contributed by atoms with Gasteiger partial charge in [0.05, 0.1) is 7.11 Å². The van der Waals surface area contributed by atoms with Crippen LogP contribution in [0.1, 0.15) is 37.8 Å². The molecule has 0 N–H and O–H groups in total. The normalized spacial score (nSPS) is 12.3. The second-order valence-corrected chi connectivity index (χ2v) is 4.91. The molecule has 0 amide bonds. The van der Waals surface area contributed by atoms with Crippen molar-refractivity contribution in [1.82, 2.24) is 0 Å². The number of methoxy groups -OCH3 is 1. The third kappa shape index (κ3) is 3.69. The Bertz CT molecular complexity index is 418. The molecule has 3 nitrogen and oxygen atoms in total. The minimum Gasteiger partial charge on any atom is -0.468 e. The summed E-state index contributed by atoms with van der Waals surface area (Å²) in [5, 5.41) is 0. The minimum atomic E-state index is -0.803. The topological polar surface area (TPSA) is 43.4 Å². The van der Waals surface area contributed by atoms with Gasteiger partial charge in [-0.25, -0.2) is 0 Å². The molecule has 3 heteroatoms. The standard InChI is InChI=1S/C15H20O3/c1-10(2)9-12-5-7-13(8-6-12)14(11(3)16)15(17)18-4/h5-8,10,14H,9H2,1-4H3. The van der Waals surface area contributed by atoms with Crippen LogP contribution in [0.4, 0.5) is 0 Å². The molecule has 0 aliphatic heterocycles. The Morgan fingerprint density at radius 3 is 2.11 bits per heavy atom. The second kappa shape index (κ2) is 6.34. The van der Waals surface area contributed by atoms with Crippen LogP contribution in [0.2, 0.25) is 0 Å². The Labute approximate surface area is 108 Å². The van der Waals surface area contributed by atoms with E-state index >= 15 is 0 Å². The number of carbonyl (C=O) groups excluding carboxylic acids is 2. The van der Waals surface area contributed by atoms with E-state index in [9.17, 15) is 9.59 Å². The van der Waals surface area contributed by atoms with Gasteiger partial charge < -0.3 is 4.74 Å². The van der Waals surface area contributed by atoms with Crippen molar-refractivity contribution >= 4 is 11.8 Å². The van der Waals surface area contributed by atoms with Gasteiger partial charge in [-0.2, -0.15) is 0 Å². The molecule has 1 rings (SSSR count). The number of carbonyl (C=O) groups is 2. The zero-order valence-corrected chi connectivity index (χ0v) is 11.4. The van der Waals surface area contributed by atoms with Gasteiger partial charge in [-0.15, -0.1) is 0 Å². The number of hydrogen-bond acceptors (Lipinski definition) is 3. The van der Waals surface area contributed by atoms with E-state index in [1.165, 1.54) is 19.6 Å². The molecule has 0 spiro atoms. The van der Waals surface area contributed by atoms with E-state index in [1.807, 2.05) is 24.3 Å². The quantitative estimate of drug-likeness (QED) is 0.594. The average molecular weight is 248 g/mol. The zero-order chi connectivity index (χ0) is 13.7. The van der Waals surface area contributed by atoms with Crippen LogP contribution in [0, 0.1) is 5.92 Å². The fourth-order valence-electron chi connectivity index (χ4n) is 1.97. The number of Topliss-reactive ketones (excluding diaryl/α,β-unsaturated/α-hetero) is 1. The van der Waals surface area contributed by atoms with E-state index in [2.05, 4.69) is 18.6 Å². The van der Waals surface area contributed by atoms with E-state index in [1.54, 1.807) is 0 Å². The van der Waals surface area contributed by atoms with Crippen LogP contribution in [0.15, 0.2) is 24.3 Å². The molecule has 1 aromatic carbocycles. The molecule has 0 aromatic heterocycles. The fourth-order valence-corrected chi connectivity index (χ4v) is 1.97. The maximum atomic E-state index is 11.6. The van der Waals surface area contributed by atoms with Gasteiger partial charge in [0.15, 0.2) is 0 Å². The van der Waals surface area contributed by atoms with Crippen LogP contribution in [0.3, 0.4) is 0 Å². The van der Waals surface area contributed by atoms with Crippen molar-refractivity contribution in [3.05, 3.63) is 35.4 Å². The van der Waals surface area contributed by atoms with E-state index in [4.69, 9.17) is 0 Å². The van der Waals surface area contributed by atoms with Crippen LogP contribution < -0.4 is 0 Å². The molecule has 98 valence electrons. The average Bonchev–Trinajstić information content (AvgIpc) is 2.30. The molecule has 1 aromatic rings. The third-order valence-electron chi connectivity index (χ3n) is 2.80. The number of ether oxygens (including phenoxy) is 1. The highest BCUT2D eigenvalue weighted by molar-refractivity contribution is 6.03. The van der Waals surface area contributed by atoms with Gasteiger partial charge in [-0.3, -0.25) is 9.59 Å². The van der Waals surface area contributed by atoms with Gasteiger partial charge >= 0.3 is 5.97 Å². The van der Waals surface area contributed by atoms with E-state index in [-0.39, 0.29) is 5.78 Å². The summed E-state index contributed by atoms with van der Waals surface area (Å²) >= 11 is 0. The zero-order valence-electron chi connectivity index (χ0n) is 11.4. The van der Waals surface area contributed by atoms with Crippen molar-refractivity contribution in [2.75, 3.05) is 7.11 Å². The van der Waals surface area contributed by atoms with Crippen LogP contribution >= 0.6 is 0 Å². The molecule has 0 saturated carbocycles. The Hall–Kier alpha value is -1.64. The number of esters is 1. The molecule has 0 aliphatic rings. The maximum absolute atomic E-state index is 11.6. The van der Waals surface area contributed by atoms with Gasteiger partial charge in [0.2, 0.25) is 0 Å². The maximum Gasteiger partial charge on any atom is 0.320 e. The largest absolute Gasteiger partial charge is 0.468 e. The molecule has 0 fully saturated rings. The smallest absolute Gasteiger partial charge is 0.320 e. The van der Waals surface area contributed by atoms with Gasteiger partial charge in [0.1, 0.15) is 11.7 Å². The number of benzene rings is 1. The lowest BCUT2D eigenvalue weighted by Gasteiger charge is -2.12. The van der Waals surface area contributed by atoms with Gasteiger partial charge in [0.25, 0.3) is 0 Å². The van der Waals surface area contributed by atoms with Crippen molar-refractivity contribution in [2.24, 2.45) is 5.92 Å². The predicted molar refractivity (Wildman–Crippen MR) is 70.4 cm³/mol. The van der Waals surface area contributed by atoms with Crippen LogP contribution in [-0.4, -0.2) is 18.9 Å². The summed E-state index contributed by atoms with van der Waals surface area (Å²) in [4.78, 5) is 23.1. The monoisotopic (exact) mass is 248 g/mol. The molecule has 0 aliphatic carbocycles. The highest BCUT2D eigenvalue weighted by Crippen LogP contribution is 2.20. The molecule has 0 saturated heterocycles. The molecule has 0 bridgehead atoms. The molecular formula is C15H20O3. The van der Waals surface area contributed by atoms with Crippen molar-refractivity contribution in [3.63, 3.8) is 0 Å². The first-order valence-electron chi connectivity index (χ1n) is 6.12. The molecular weight excluding hydrogens is 228 g/mol. The number of rotatable bonds is 5. The molecule has 1 atom stereocenters. The summed E-state index contributed by atoms with van der Waals surface area (Å²) in [5.74, 6) is -0.916. The number of hydrogen-bond donors (Lipinski definition) is 0. The third-order valence-corrected chi connectivity index (χ3v) is 2.80. The van der Waals surface area contributed by atoms with Crippen molar-refractivity contribution in [2.45, 2.75) is 33.1 Å². The van der Waals surface area contributed by atoms with E-state index in [0.717, 1.165) is 6.42 Å².